The highest BCUT2D eigenvalue weighted by Gasteiger charge is 2.11. The van der Waals surface area contributed by atoms with Gasteiger partial charge in [0.1, 0.15) is 0 Å². The van der Waals surface area contributed by atoms with Crippen LogP contribution < -0.4 is 0 Å². The van der Waals surface area contributed by atoms with Crippen molar-refractivity contribution in [2.75, 3.05) is 6.61 Å². The molecule has 19 heavy (non-hydrogen) atoms. The molecule has 105 valence electrons. The van der Waals surface area contributed by atoms with Gasteiger partial charge in [-0.1, -0.05) is 44.9 Å². The molecule has 0 saturated carbocycles. The number of hydrogen-bond donors (Lipinski definition) is 0. The van der Waals surface area contributed by atoms with Crippen LogP contribution in [-0.4, -0.2) is 12.6 Å². The molecule has 0 heterocycles. The molecule has 0 spiro atoms. The summed E-state index contributed by atoms with van der Waals surface area (Å²) in [6, 6.07) is 7.72. The third kappa shape index (κ3) is 5.65. The molecule has 3 heteroatoms. The van der Waals surface area contributed by atoms with Gasteiger partial charge in [0.2, 0.25) is 0 Å². The zero-order chi connectivity index (χ0) is 14.3. The largest absolute Gasteiger partial charge is 0.462 e. The summed E-state index contributed by atoms with van der Waals surface area (Å²) in [6.45, 7) is 7.18. The van der Waals surface area contributed by atoms with Gasteiger partial charge in [-0.3, -0.25) is 0 Å². The molecule has 0 saturated heterocycles. The Morgan fingerprint density at radius 3 is 2.79 bits per heavy atom. The predicted molar refractivity (Wildman–Crippen MR) is 78.4 cm³/mol. The molecule has 0 aliphatic carbocycles. The Hall–Kier alpha value is -1.02. The molecule has 0 fully saturated rings. The normalized spacial score (nSPS) is 13.9. The fourth-order valence-corrected chi connectivity index (χ4v) is 2.06. The Labute approximate surface area is 121 Å². The molecular formula is C16H22ClO2. The summed E-state index contributed by atoms with van der Waals surface area (Å²) in [5, 5.41) is 0.524. The standard InChI is InChI=1S/C16H22ClO2/c1-4-12(2)13(3)7-6-10-19-16(18)14-8-5-9-15(17)11-14/h5,9,11-13H,4,6-7,10H2,1-3H3. The highest BCUT2D eigenvalue weighted by molar-refractivity contribution is 6.30. The Kier molecular flexibility index (Phi) is 6.93. The molecule has 0 aromatic heterocycles. The minimum Gasteiger partial charge on any atom is -0.462 e. The minimum atomic E-state index is -0.348. The van der Waals surface area contributed by atoms with Crippen molar-refractivity contribution in [2.45, 2.75) is 40.0 Å². The molecule has 1 aromatic rings. The lowest BCUT2D eigenvalue weighted by Gasteiger charge is -2.17. The second-order valence-corrected chi connectivity index (χ2v) is 5.50. The van der Waals surface area contributed by atoms with E-state index in [9.17, 15) is 4.79 Å². The maximum absolute atomic E-state index is 11.7. The second kappa shape index (κ2) is 8.21. The van der Waals surface area contributed by atoms with E-state index in [1.807, 2.05) is 0 Å². The van der Waals surface area contributed by atoms with Crippen molar-refractivity contribution in [1.82, 2.24) is 0 Å². The Morgan fingerprint density at radius 1 is 1.42 bits per heavy atom. The van der Waals surface area contributed by atoms with Crippen molar-refractivity contribution in [2.24, 2.45) is 11.8 Å². The molecule has 1 radical (unpaired) electrons. The number of ether oxygens (including phenoxy) is 1. The van der Waals surface area contributed by atoms with Crippen LogP contribution in [0.3, 0.4) is 0 Å². The summed E-state index contributed by atoms with van der Waals surface area (Å²) in [7, 11) is 0. The van der Waals surface area contributed by atoms with Gasteiger partial charge in [0.05, 0.1) is 12.2 Å². The maximum Gasteiger partial charge on any atom is 0.338 e. The number of carbonyl (C=O) groups excluding carboxylic acids is 1. The molecule has 0 aliphatic rings. The van der Waals surface area contributed by atoms with Gasteiger partial charge < -0.3 is 4.74 Å². The lowest BCUT2D eigenvalue weighted by atomic mass is 9.90. The first-order chi connectivity index (χ1) is 9.04. The van der Waals surface area contributed by atoms with Gasteiger partial charge in [-0.2, -0.15) is 0 Å². The average molecular weight is 282 g/mol. The zero-order valence-corrected chi connectivity index (χ0v) is 12.7. The molecule has 2 atom stereocenters. The van der Waals surface area contributed by atoms with E-state index in [0.29, 0.717) is 23.1 Å². The van der Waals surface area contributed by atoms with Gasteiger partial charge in [-0.25, -0.2) is 4.79 Å². The third-order valence-corrected chi connectivity index (χ3v) is 3.87. The van der Waals surface area contributed by atoms with Gasteiger partial charge in [0.15, 0.2) is 0 Å². The van der Waals surface area contributed by atoms with Crippen molar-refractivity contribution >= 4 is 17.6 Å². The molecule has 2 unspecified atom stereocenters. The van der Waals surface area contributed by atoms with Crippen molar-refractivity contribution in [3.8, 4) is 0 Å². The van der Waals surface area contributed by atoms with Gasteiger partial charge in [0.25, 0.3) is 0 Å². The molecule has 0 N–H and O–H groups in total. The molecule has 2 nitrogen and oxygen atoms in total. The van der Waals surface area contributed by atoms with E-state index in [1.165, 1.54) is 6.42 Å². The molecule has 1 rings (SSSR count). The SMILES string of the molecule is CCC(C)C(C)CCCOC(=O)c1[c]ccc(Cl)c1. The average Bonchev–Trinajstić information content (AvgIpc) is 2.42. The highest BCUT2D eigenvalue weighted by atomic mass is 35.5. The summed E-state index contributed by atoms with van der Waals surface area (Å²) in [5.74, 6) is 1.04. The number of rotatable bonds is 7. The first kappa shape index (κ1) is 16.0. The van der Waals surface area contributed by atoms with Crippen LogP contribution in [0.1, 0.15) is 50.4 Å². The summed E-state index contributed by atoms with van der Waals surface area (Å²) in [6.07, 6.45) is 3.18. The third-order valence-electron chi connectivity index (χ3n) is 3.64. The first-order valence-electron chi connectivity index (χ1n) is 6.89. The van der Waals surface area contributed by atoms with E-state index >= 15 is 0 Å². The highest BCUT2D eigenvalue weighted by Crippen LogP contribution is 2.19. The number of hydrogen-bond acceptors (Lipinski definition) is 2. The van der Waals surface area contributed by atoms with E-state index in [1.54, 1.807) is 18.2 Å². The van der Waals surface area contributed by atoms with Gasteiger partial charge >= 0.3 is 5.97 Å². The quantitative estimate of drug-likeness (QED) is 0.532. The molecule has 1 aromatic carbocycles. The van der Waals surface area contributed by atoms with Gasteiger partial charge in [0, 0.05) is 5.02 Å². The van der Waals surface area contributed by atoms with Gasteiger partial charge in [-0.15, -0.1) is 0 Å². The maximum atomic E-state index is 11.7. The number of carbonyl (C=O) groups is 1. The van der Waals surface area contributed by atoms with Crippen LogP contribution >= 0.6 is 11.6 Å². The van der Waals surface area contributed by atoms with E-state index in [0.717, 1.165) is 18.8 Å². The van der Waals surface area contributed by atoms with Crippen molar-refractivity contribution in [3.05, 3.63) is 34.9 Å². The van der Waals surface area contributed by atoms with Gasteiger partial charge in [-0.05, 0) is 42.9 Å². The van der Waals surface area contributed by atoms with E-state index < -0.39 is 0 Å². The van der Waals surface area contributed by atoms with E-state index in [4.69, 9.17) is 16.3 Å². The topological polar surface area (TPSA) is 26.3 Å². The molecule has 0 aliphatic heterocycles. The Balaban J connectivity index is 2.28. The molecular weight excluding hydrogens is 260 g/mol. The van der Waals surface area contributed by atoms with Crippen LogP contribution in [-0.2, 0) is 4.74 Å². The minimum absolute atomic E-state index is 0.348. The number of esters is 1. The van der Waals surface area contributed by atoms with Crippen molar-refractivity contribution in [3.63, 3.8) is 0 Å². The van der Waals surface area contributed by atoms with Crippen LogP contribution in [0.5, 0.6) is 0 Å². The van der Waals surface area contributed by atoms with E-state index in [-0.39, 0.29) is 5.97 Å². The van der Waals surface area contributed by atoms with Crippen LogP contribution in [0, 0.1) is 17.9 Å². The smallest absolute Gasteiger partial charge is 0.338 e. The van der Waals surface area contributed by atoms with Crippen LogP contribution in [0.25, 0.3) is 0 Å². The molecule has 0 bridgehead atoms. The summed E-state index contributed by atoms with van der Waals surface area (Å²) in [4.78, 5) is 11.7. The number of benzene rings is 1. The summed E-state index contributed by atoms with van der Waals surface area (Å²) < 4.78 is 5.22. The lowest BCUT2D eigenvalue weighted by Crippen LogP contribution is -2.10. The summed E-state index contributed by atoms with van der Waals surface area (Å²) in [5.41, 5.74) is 0.391. The predicted octanol–water partition coefficient (Wildman–Crippen LogP) is 4.76. The van der Waals surface area contributed by atoms with Crippen LogP contribution in [0.2, 0.25) is 5.02 Å². The molecule has 0 amide bonds. The number of halogens is 1. The van der Waals surface area contributed by atoms with Crippen molar-refractivity contribution in [1.29, 1.82) is 0 Å². The fraction of sp³-hybridized carbons (Fsp3) is 0.562. The first-order valence-corrected chi connectivity index (χ1v) is 7.26. The van der Waals surface area contributed by atoms with E-state index in [2.05, 4.69) is 26.8 Å². The van der Waals surface area contributed by atoms with Crippen LogP contribution in [0.15, 0.2) is 18.2 Å². The van der Waals surface area contributed by atoms with Crippen LogP contribution in [0.4, 0.5) is 0 Å². The lowest BCUT2D eigenvalue weighted by molar-refractivity contribution is 0.0491. The Bertz CT molecular complexity index is 403. The monoisotopic (exact) mass is 281 g/mol. The summed E-state index contributed by atoms with van der Waals surface area (Å²) >= 11 is 5.81. The van der Waals surface area contributed by atoms with Crippen molar-refractivity contribution < 1.29 is 9.53 Å². The second-order valence-electron chi connectivity index (χ2n) is 5.06. The Morgan fingerprint density at radius 2 is 2.16 bits per heavy atom. The zero-order valence-electron chi connectivity index (χ0n) is 11.9. The fourth-order valence-electron chi connectivity index (χ4n) is 1.89.